The molecule has 0 spiro atoms. The van der Waals surface area contributed by atoms with Crippen LogP contribution in [0.1, 0.15) is 24.0 Å². The van der Waals surface area contributed by atoms with Gasteiger partial charge in [0.05, 0.1) is 5.56 Å². The van der Waals surface area contributed by atoms with Crippen molar-refractivity contribution in [1.29, 1.82) is 0 Å². The van der Waals surface area contributed by atoms with Gasteiger partial charge in [0.15, 0.2) is 0 Å². The van der Waals surface area contributed by atoms with Gasteiger partial charge in [-0.1, -0.05) is 23.8 Å². The van der Waals surface area contributed by atoms with E-state index in [1.807, 2.05) is 25.1 Å². The molecule has 2 N–H and O–H groups in total. The van der Waals surface area contributed by atoms with Gasteiger partial charge in [0, 0.05) is 12.6 Å². The van der Waals surface area contributed by atoms with Gasteiger partial charge < -0.3 is 15.4 Å². The van der Waals surface area contributed by atoms with E-state index >= 15 is 0 Å². The lowest BCUT2D eigenvalue weighted by atomic mass is 10.1. The molecule has 98 valence electrons. The number of nitrogens with two attached hydrogens (primary N) is 1. The SMILES string of the molecule is Cc1ccc(OCCN(C)C2CC2)c(C(N)=S)c1. The molecule has 1 aromatic rings. The second-order valence-corrected chi connectivity index (χ2v) is 5.36. The number of likely N-dealkylation sites (N-methyl/N-ethyl adjacent to an activating group) is 1. The highest BCUT2D eigenvalue weighted by Gasteiger charge is 2.25. The number of hydrogen-bond donors (Lipinski definition) is 1. The first-order valence-electron chi connectivity index (χ1n) is 6.31. The number of benzene rings is 1. The van der Waals surface area contributed by atoms with Crippen LogP contribution < -0.4 is 10.5 Å². The molecule has 18 heavy (non-hydrogen) atoms. The van der Waals surface area contributed by atoms with Crippen LogP contribution in [0, 0.1) is 6.92 Å². The molecule has 3 nitrogen and oxygen atoms in total. The molecule has 4 heteroatoms. The minimum atomic E-state index is 0.393. The third-order valence-electron chi connectivity index (χ3n) is 3.27. The Morgan fingerprint density at radius 1 is 1.50 bits per heavy atom. The maximum Gasteiger partial charge on any atom is 0.129 e. The van der Waals surface area contributed by atoms with E-state index in [1.165, 1.54) is 12.8 Å². The van der Waals surface area contributed by atoms with Crippen molar-refractivity contribution in [2.45, 2.75) is 25.8 Å². The maximum absolute atomic E-state index is 5.79. The van der Waals surface area contributed by atoms with Crippen LogP contribution in [-0.2, 0) is 0 Å². The summed E-state index contributed by atoms with van der Waals surface area (Å²) in [5.74, 6) is 0.789. The molecule has 1 aliphatic carbocycles. The van der Waals surface area contributed by atoms with Gasteiger partial charge in [0.1, 0.15) is 17.3 Å². The van der Waals surface area contributed by atoms with Crippen LogP contribution >= 0.6 is 12.2 Å². The molecule has 0 aliphatic heterocycles. The van der Waals surface area contributed by atoms with Crippen LogP contribution in [0.2, 0.25) is 0 Å². The Kier molecular flexibility index (Phi) is 4.19. The molecular formula is C14H20N2OS. The zero-order valence-electron chi connectivity index (χ0n) is 11.0. The van der Waals surface area contributed by atoms with Crippen molar-refractivity contribution >= 4 is 17.2 Å². The van der Waals surface area contributed by atoms with Crippen molar-refractivity contribution in [1.82, 2.24) is 4.90 Å². The molecule has 0 amide bonds. The van der Waals surface area contributed by atoms with E-state index in [-0.39, 0.29) is 0 Å². The molecule has 0 unspecified atom stereocenters. The third kappa shape index (κ3) is 3.43. The zero-order valence-corrected chi connectivity index (χ0v) is 11.8. The van der Waals surface area contributed by atoms with Crippen molar-refractivity contribution in [2.24, 2.45) is 5.73 Å². The highest BCUT2D eigenvalue weighted by molar-refractivity contribution is 7.80. The van der Waals surface area contributed by atoms with Crippen molar-refractivity contribution < 1.29 is 4.74 Å². The quantitative estimate of drug-likeness (QED) is 0.799. The normalized spacial score (nSPS) is 14.8. The largest absolute Gasteiger partial charge is 0.492 e. The standard InChI is InChI=1S/C14H20N2OS/c1-10-3-6-13(12(9-10)14(15)18)17-8-7-16(2)11-4-5-11/h3,6,9,11H,4-5,7-8H2,1-2H3,(H2,15,18). The topological polar surface area (TPSA) is 38.5 Å². The van der Waals surface area contributed by atoms with E-state index in [9.17, 15) is 0 Å². The number of aryl methyl sites for hydroxylation is 1. The van der Waals surface area contributed by atoms with Gasteiger partial charge in [0.25, 0.3) is 0 Å². The van der Waals surface area contributed by atoms with Gasteiger partial charge in [-0.25, -0.2) is 0 Å². The van der Waals surface area contributed by atoms with Crippen molar-refractivity contribution in [3.63, 3.8) is 0 Å². The second kappa shape index (κ2) is 5.67. The van der Waals surface area contributed by atoms with E-state index in [0.717, 1.165) is 29.5 Å². The van der Waals surface area contributed by atoms with Crippen molar-refractivity contribution in [3.8, 4) is 5.75 Å². The highest BCUT2D eigenvalue weighted by atomic mass is 32.1. The van der Waals surface area contributed by atoms with Crippen molar-refractivity contribution in [3.05, 3.63) is 29.3 Å². The number of thiocarbonyl (C=S) groups is 1. The first kappa shape index (κ1) is 13.3. The molecule has 1 saturated carbocycles. The summed E-state index contributed by atoms with van der Waals surface area (Å²) in [5.41, 5.74) is 7.69. The first-order valence-corrected chi connectivity index (χ1v) is 6.72. The van der Waals surface area contributed by atoms with E-state index in [1.54, 1.807) is 0 Å². The Labute approximate surface area is 114 Å². The smallest absolute Gasteiger partial charge is 0.129 e. The Balaban J connectivity index is 1.93. The Bertz CT molecular complexity index is 443. The number of hydrogen-bond acceptors (Lipinski definition) is 3. The summed E-state index contributed by atoms with van der Waals surface area (Å²) in [7, 11) is 2.14. The minimum Gasteiger partial charge on any atom is -0.492 e. The predicted octanol–water partition coefficient (Wildman–Crippen LogP) is 2.10. The lowest BCUT2D eigenvalue weighted by Crippen LogP contribution is -2.26. The minimum absolute atomic E-state index is 0.393. The molecule has 1 aliphatic rings. The van der Waals surface area contributed by atoms with Gasteiger partial charge in [-0.2, -0.15) is 0 Å². The molecule has 0 saturated heterocycles. The lowest BCUT2D eigenvalue weighted by molar-refractivity contribution is 0.231. The summed E-state index contributed by atoms with van der Waals surface area (Å²) in [6, 6.07) is 6.70. The average molecular weight is 264 g/mol. The summed E-state index contributed by atoms with van der Waals surface area (Å²) in [6.45, 7) is 3.63. The molecule has 0 atom stereocenters. The van der Waals surface area contributed by atoms with E-state index in [2.05, 4.69) is 11.9 Å². The second-order valence-electron chi connectivity index (χ2n) is 4.92. The zero-order chi connectivity index (χ0) is 13.1. The number of rotatable bonds is 6. The fraction of sp³-hybridized carbons (Fsp3) is 0.500. The Morgan fingerprint density at radius 3 is 2.83 bits per heavy atom. The first-order chi connectivity index (χ1) is 8.58. The summed E-state index contributed by atoms with van der Waals surface area (Å²) in [6.07, 6.45) is 2.64. The van der Waals surface area contributed by atoms with Gasteiger partial charge >= 0.3 is 0 Å². The van der Waals surface area contributed by atoms with Crippen LogP contribution in [0.25, 0.3) is 0 Å². The fourth-order valence-electron chi connectivity index (χ4n) is 1.96. The number of nitrogens with zero attached hydrogens (tertiary/aromatic N) is 1. The maximum atomic E-state index is 5.79. The van der Waals surface area contributed by atoms with Crippen LogP contribution in [0.4, 0.5) is 0 Å². The van der Waals surface area contributed by atoms with Crippen LogP contribution in [0.5, 0.6) is 5.75 Å². The van der Waals surface area contributed by atoms with Gasteiger partial charge in [0.2, 0.25) is 0 Å². The fourth-order valence-corrected chi connectivity index (χ4v) is 2.12. The summed E-state index contributed by atoms with van der Waals surface area (Å²) in [5, 5.41) is 0. The third-order valence-corrected chi connectivity index (χ3v) is 3.49. The van der Waals surface area contributed by atoms with E-state index in [4.69, 9.17) is 22.7 Å². The predicted molar refractivity (Wildman–Crippen MR) is 78.2 cm³/mol. The molecule has 0 radical (unpaired) electrons. The van der Waals surface area contributed by atoms with E-state index < -0.39 is 0 Å². The number of ether oxygens (including phenoxy) is 1. The van der Waals surface area contributed by atoms with Crippen molar-refractivity contribution in [2.75, 3.05) is 20.2 Å². The molecule has 0 bridgehead atoms. The molecular weight excluding hydrogens is 244 g/mol. The molecule has 0 heterocycles. The Morgan fingerprint density at radius 2 is 2.22 bits per heavy atom. The Hall–Kier alpha value is -1.13. The van der Waals surface area contributed by atoms with Crippen LogP contribution in [-0.4, -0.2) is 36.1 Å². The van der Waals surface area contributed by atoms with E-state index in [0.29, 0.717) is 11.6 Å². The highest BCUT2D eigenvalue weighted by Crippen LogP contribution is 2.25. The van der Waals surface area contributed by atoms with Gasteiger partial charge in [-0.3, -0.25) is 0 Å². The van der Waals surface area contributed by atoms with Crippen LogP contribution in [0.3, 0.4) is 0 Å². The van der Waals surface area contributed by atoms with Gasteiger partial charge in [-0.15, -0.1) is 0 Å². The average Bonchev–Trinajstić information content (AvgIpc) is 3.14. The molecule has 1 fully saturated rings. The summed E-state index contributed by atoms with van der Waals surface area (Å²) >= 11 is 5.05. The summed E-state index contributed by atoms with van der Waals surface area (Å²) in [4.78, 5) is 2.73. The summed E-state index contributed by atoms with van der Waals surface area (Å²) < 4.78 is 5.79. The molecule has 2 rings (SSSR count). The lowest BCUT2D eigenvalue weighted by Gasteiger charge is -2.17. The van der Waals surface area contributed by atoms with Crippen LogP contribution in [0.15, 0.2) is 18.2 Å². The molecule has 1 aromatic carbocycles. The molecule has 0 aromatic heterocycles. The van der Waals surface area contributed by atoms with Gasteiger partial charge in [-0.05, 0) is 38.9 Å². The monoisotopic (exact) mass is 264 g/mol.